The first-order valence-electron chi connectivity index (χ1n) is 10.9. The van der Waals surface area contributed by atoms with E-state index in [2.05, 4.69) is 32.0 Å². The molecule has 1 heterocycles. The number of hydrogen-bond donors (Lipinski definition) is 0. The van der Waals surface area contributed by atoms with Gasteiger partial charge in [0, 0.05) is 18.5 Å². The third kappa shape index (κ3) is 4.94. The van der Waals surface area contributed by atoms with Crippen LogP contribution in [0.25, 0.3) is 0 Å². The first kappa shape index (κ1) is 21.9. The topological polar surface area (TPSA) is 35.9 Å². The van der Waals surface area contributed by atoms with Gasteiger partial charge in [0.15, 0.2) is 0 Å². The Bertz CT molecular complexity index is 1140. The van der Waals surface area contributed by atoms with Crippen LogP contribution in [0.5, 0.6) is 0 Å². The molecule has 0 radical (unpaired) electrons. The maximum atomic E-state index is 14.0. The monoisotopic (exact) mass is 429 g/mol. The number of carbonyl (C=O) groups is 1. The lowest BCUT2D eigenvalue weighted by Crippen LogP contribution is -2.36. The van der Waals surface area contributed by atoms with Gasteiger partial charge in [-0.15, -0.1) is 0 Å². The van der Waals surface area contributed by atoms with Crippen molar-refractivity contribution in [3.8, 4) is 0 Å². The predicted molar refractivity (Wildman–Crippen MR) is 126 cm³/mol. The molecule has 0 aromatic heterocycles. The van der Waals surface area contributed by atoms with Crippen molar-refractivity contribution in [2.24, 2.45) is 5.10 Å². The second-order valence-corrected chi connectivity index (χ2v) is 8.54. The van der Waals surface area contributed by atoms with Gasteiger partial charge in [-0.3, -0.25) is 9.69 Å². The highest BCUT2D eigenvalue weighted by atomic mass is 19.1. The van der Waals surface area contributed by atoms with Crippen molar-refractivity contribution in [3.63, 3.8) is 0 Å². The zero-order valence-corrected chi connectivity index (χ0v) is 18.8. The van der Waals surface area contributed by atoms with Gasteiger partial charge in [0.1, 0.15) is 5.82 Å². The van der Waals surface area contributed by atoms with E-state index < -0.39 is 0 Å². The third-order valence-electron chi connectivity index (χ3n) is 5.79. The fraction of sp³-hybridized carbons (Fsp3) is 0.259. The Morgan fingerprint density at radius 3 is 2.56 bits per heavy atom. The van der Waals surface area contributed by atoms with Crippen LogP contribution >= 0.6 is 0 Å². The number of carbonyl (C=O) groups excluding carboxylic acids is 1. The van der Waals surface area contributed by atoms with Gasteiger partial charge in [0.25, 0.3) is 5.91 Å². The normalized spacial score (nSPS) is 15.8. The number of halogens is 1. The van der Waals surface area contributed by atoms with E-state index in [0.29, 0.717) is 13.0 Å². The van der Waals surface area contributed by atoms with Crippen LogP contribution in [0, 0.1) is 19.7 Å². The smallest absolute Gasteiger partial charge is 0.257 e. The van der Waals surface area contributed by atoms with Crippen LogP contribution in [-0.2, 0) is 11.3 Å². The highest BCUT2D eigenvalue weighted by molar-refractivity contribution is 6.04. The minimum Gasteiger partial charge on any atom is -0.293 e. The summed E-state index contributed by atoms with van der Waals surface area (Å²) in [5.74, 6) is -0.409. The van der Waals surface area contributed by atoms with Crippen LogP contribution < -0.4 is 0 Å². The summed E-state index contributed by atoms with van der Waals surface area (Å²) in [6.45, 7) is 5.00. The molecule has 1 amide bonds. The molecule has 0 aliphatic carbocycles. The number of nitrogens with zero attached hydrogens (tertiary/aromatic N) is 3. The quantitative estimate of drug-likeness (QED) is 0.536. The zero-order chi connectivity index (χ0) is 22.7. The van der Waals surface area contributed by atoms with Gasteiger partial charge in [-0.2, -0.15) is 5.10 Å². The summed E-state index contributed by atoms with van der Waals surface area (Å²) in [4.78, 5) is 15.3. The molecule has 4 nitrogen and oxygen atoms in total. The Labute approximate surface area is 189 Å². The molecule has 1 aliphatic heterocycles. The molecule has 1 atom stereocenters. The van der Waals surface area contributed by atoms with Crippen molar-refractivity contribution in [1.29, 1.82) is 0 Å². The van der Waals surface area contributed by atoms with Crippen molar-refractivity contribution in [1.82, 2.24) is 9.91 Å². The number of amides is 1. The lowest BCUT2D eigenvalue weighted by atomic mass is 9.95. The fourth-order valence-electron chi connectivity index (χ4n) is 4.27. The zero-order valence-electron chi connectivity index (χ0n) is 18.8. The van der Waals surface area contributed by atoms with E-state index in [1.54, 1.807) is 11.1 Å². The molecular weight excluding hydrogens is 401 g/mol. The highest BCUT2D eigenvalue weighted by Gasteiger charge is 2.34. The molecule has 0 saturated heterocycles. The number of rotatable bonds is 6. The van der Waals surface area contributed by atoms with E-state index in [4.69, 9.17) is 5.10 Å². The molecule has 0 spiro atoms. The van der Waals surface area contributed by atoms with Gasteiger partial charge in [-0.25, -0.2) is 9.40 Å². The number of likely N-dealkylation sites (N-methyl/N-ethyl adjacent to an activating group) is 1. The average Bonchev–Trinajstić information content (AvgIpc) is 3.20. The summed E-state index contributed by atoms with van der Waals surface area (Å²) in [6, 6.07) is 22.4. The molecule has 32 heavy (non-hydrogen) atoms. The van der Waals surface area contributed by atoms with E-state index in [1.165, 1.54) is 17.7 Å². The summed E-state index contributed by atoms with van der Waals surface area (Å²) >= 11 is 0. The maximum absolute atomic E-state index is 14.0. The minimum atomic E-state index is -0.320. The highest BCUT2D eigenvalue weighted by Crippen LogP contribution is 2.34. The van der Waals surface area contributed by atoms with Crippen LogP contribution in [0.3, 0.4) is 0 Å². The molecule has 5 heteroatoms. The molecule has 0 saturated carbocycles. The van der Waals surface area contributed by atoms with E-state index in [9.17, 15) is 9.18 Å². The van der Waals surface area contributed by atoms with Crippen LogP contribution in [0.15, 0.2) is 77.9 Å². The van der Waals surface area contributed by atoms with Crippen LogP contribution in [-0.4, -0.2) is 35.1 Å². The molecule has 0 unspecified atom stereocenters. The van der Waals surface area contributed by atoms with Gasteiger partial charge < -0.3 is 0 Å². The van der Waals surface area contributed by atoms with Gasteiger partial charge >= 0.3 is 0 Å². The number of hydrazone groups is 1. The van der Waals surface area contributed by atoms with Gasteiger partial charge in [-0.05, 0) is 49.7 Å². The summed E-state index contributed by atoms with van der Waals surface area (Å²) in [5, 5.41) is 6.29. The SMILES string of the molecule is Cc1ccc(C2=NN(C(=O)CN(C)Cc3ccccc3)[C@@H](c3cccc(F)c3)C2)c(C)c1. The van der Waals surface area contributed by atoms with Gasteiger partial charge in [-0.1, -0.05) is 66.2 Å². The number of hydrogen-bond acceptors (Lipinski definition) is 3. The number of benzene rings is 3. The molecule has 4 rings (SSSR count). The summed E-state index contributed by atoms with van der Waals surface area (Å²) in [7, 11) is 1.92. The number of aryl methyl sites for hydroxylation is 2. The van der Waals surface area contributed by atoms with E-state index in [1.807, 2.05) is 48.3 Å². The average molecular weight is 430 g/mol. The molecule has 3 aromatic rings. The first-order valence-corrected chi connectivity index (χ1v) is 10.9. The van der Waals surface area contributed by atoms with E-state index >= 15 is 0 Å². The van der Waals surface area contributed by atoms with Crippen molar-refractivity contribution in [2.75, 3.05) is 13.6 Å². The van der Waals surface area contributed by atoms with Crippen molar-refractivity contribution < 1.29 is 9.18 Å². The van der Waals surface area contributed by atoms with Gasteiger partial charge in [0.2, 0.25) is 0 Å². The Morgan fingerprint density at radius 1 is 1.06 bits per heavy atom. The summed E-state index contributed by atoms with van der Waals surface area (Å²) in [6.07, 6.45) is 0.557. The first-order chi connectivity index (χ1) is 15.4. The van der Waals surface area contributed by atoms with Crippen molar-refractivity contribution >= 4 is 11.6 Å². The molecule has 164 valence electrons. The Morgan fingerprint density at radius 2 is 1.84 bits per heavy atom. The predicted octanol–water partition coefficient (Wildman–Crippen LogP) is 5.25. The maximum Gasteiger partial charge on any atom is 0.257 e. The second-order valence-electron chi connectivity index (χ2n) is 8.54. The van der Waals surface area contributed by atoms with Gasteiger partial charge in [0.05, 0.1) is 18.3 Å². The van der Waals surface area contributed by atoms with Crippen molar-refractivity contribution in [2.45, 2.75) is 32.9 Å². The molecule has 0 N–H and O–H groups in total. The Hall–Kier alpha value is -3.31. The van der Waals surface area contributed by atoms with Crippen LogP contribution in [0.2, 0.25) is 0 Å². The molecule has 0 bridgehead atoms. The minimum absolute atomic E-state index is 0.0996. The van der Waals surface area contributed by atoms with Crippen LogP contribution in [0.4, 0.5) is 4.39 Å². The largest absolute Gasteiger partial charge is 0.293 e. The molecule has 0 fully saturated rings. The van der Waals surface area contributed by atoms with Crippen LogP contribution in [0.1, 0.15) is 40.3 Å². The second kappa shape index (κ2) is 9.45. The molecule has 1 aliphatic rings. The Balaban J connectivity index is 1.60. The Kier molecular flexibility index (Phi) is 6.47. The lowest BCUT2D eigenvalue weighted by Gasteiger charge is -2.25. The summed E-state index contributed by atoms with van der Waals surface area (Å²) in [5.41, 5.74) is 6.10. The standard InChI is InChI=1S/C27H28FN3O/c1-19-12-13-24(20(2)14-19)25-16-26(22-10-7-11-23(28)15-22)31(29-25)27(32)18-30(3)17-21-8-5-4-6-9-21/h4-15,26H,16-18H2,1-3H3/t26-/m1/s1. The lowest BCUT2D eigenvalue weighted by molar-refractivity contribution is -0.134. The molecular formula is C27H28FN3O. The molecule has 3 aromatic carbocycles. The van der Waals surface area contributed by atoms with Crippen molar-refractivity contribution in [3.05, 3.63) is 106 Å². The van der Waals surface area contributed by atoms with E-state index in [-0.39, 0.29) is 24.3 Å². The fourth-order valence-corrected chi connectivity index (χ4v) is 4.27. The van der Waals surface area contributed by atoms with E-state index in [0.717, 1.165) is 28.0 Å². The summed E-state index contributed by atoms with van der Waals surface area (Å²) < 4.78 is 14.0. The third-order valence-corrected chi connectivity index (χ3v) is 5.79.